The van der Waals surface area contributed by atoms with E-state index in [1.165, 1.54) is 6.33 Å². The van der Waals surface area contributed by atoms with Crippen LogP contribution >= 0.6 is 0 Å². The zero-order valence-corrected chi connectivity index (χ0v) is 8.80. The molecule has 0 fully saturated rings. The lowest BCUT2D eigenvalue weighted by Crippen LogP contribution is -2.02. The Kier molecular flexibility index (Phi) is 3.46. The number of rotatable bonds is 4. The third kappa shape index (κ3) is 2.55. The summed E-state index contributed by atoms with van der Waals surface area (Å²) < 4.78 is 0. The summed E-state index contributed by atoms with van der Waals surface area (Å²) in [5, 5.41) is 12.4. The molecule has 0 aliphatic rings. The van der Waals surface area contributed by atoms with E-state index in [0.717, 1.165) is 16.8 Å². The molecule has 0 spiro atoms. The van der Waals surface area contributed by atoms with Crippen LogP contribution in [0.2, 0.25) is 0 Å². The summed E-state index contributed by atoms with van der Waals surface area (Å²) >= 11 is 0. The van der Waals surface area contributed by atoms with Gasteiger partial charge in [0, 0.05) is 35.8 Å². The standard InChI is InChI=1S/C12H13N3O/c16-8-11-3-1-2-4-12(11)15-7-10-5-13-9-14-6-10/h1-6,9,15-16H,7-8H2. The van der Waals surface area contributed by atoms with Crippen molar-refractivity contribution in [3.63, 3.8) is 0 Å². The molecule has 0 aliphatic heterocycles. The molecule has 2 N–H and O–H groups in total. The van der Waals surface area contributed by atoms with Crippen LogP contribution in [-0.4, -0.2) is 15.1 Å². The Balaban J connectivity index is 2.05. The monoisotopic (exact) mass is 215 g/mol. The van der Waals surface area contributed by atoms with Crippen molar-refractivity contribution in [2.75, 3.05) is 5.32 Å². The first-order valence-corrected chi connectivity index (χ1v) is 5.06. The molecule has 4 nitrogen and oxygen atoms in total. The summed E-state index contributed by atoms with van der Waals surface area (Å²) in [6, 6.07) is 7.67. The molecule has 1 aromatic carbocycles. The molecule has 16 heavy (non-hydrogen) atoms. The lowest BCUT2D eigenvalue weighted by Gasteiger charge is -2.09. The second kappa shape index (κ2) is 5.23. The number of aromatic nitrogens is 2. The molecule has 0 saturated heterocycles. The van der Waals surface area contributed by atoms with Gasteiger partial charge in [0.25, 0.3) is 0 Å². The van der Waals surface area contributed by atoms with E-state index in [1.807, 2.05) is 24.3 Å². The Hall–Kier alpha value is -1.94. The van der Waals surface area contributed by atoms with Crippen LogP contribution in [0.15, 0.2) is 43.0 Å². The first-order chi connectivity index (χ1) is 7.90. The van der Waals surface area contributed by atoms with E-state index in [9.17, 15) is 0 Å². The van der Waals surface area contributed by atoms with E-state index < -0.39 is 0 Å². The quantitative estimate of drug-likeness (QED) is 0.813. The van der Waals surface area contributed by atoms with E-state index >= 15 is 0 Å². The van der Waals surface area contributed by atoms with E-state index in [2.05, 4.69) is 15.3 Å². The highest BCUT2D eigenvalue weighted by molar-refractivity contribution is 5.50. The molecule has 4 heteroatoms. The van der Waals surface area contributed by atoms with Crippen molar-refractivity contribution >= 4 is 5.69 Å². The van der Waals surface area contributed by atoms with Crippen molar-refractivity contribution in [2.45, 2.75) is 13.2 Å². The number of hydrogen-bond acceptors (Lipinski definition) is 4. The van der Waals surface area contributed by atoms with Gasteiger partial charge in [0.05, 0.1) is 6.61 Å². The highest BCUT2D eigenvalue weighted by Gasteiger charge is 1.99. The molecule has 1 heterocycles. The first kappa shape index (κ1) is 10.6. The van der Waals surface area contributed by atoms with Gasteiger partial charge in [-0.15, -0.1) is 0 Å². The molecular formula is C12H13N3O. The van der Waals surface area contributed by atoms with Gasteiger partial charge in [0.15, 0.2) is 0 Å². The van der Waals surface area contributed by atoms with Crippen molar-refractivity contribution in [3.05, 3.63) is 54.1 Å². The minimum absolute atomic E-state index is 0.0362. The van der Waals surface area contributed by atoms with Crippen LogP contribution in [0.4, 0.5) is 5.69 Å². The highest BCUT2D eigenvalue weighted by atomic mass is 16.3. The number of benzene rings is 1. The van der Waals surface area contributed by atoms with Crippen molar-refractivity contribution in [1.82, 2.24) is 9.97 Å². The maximum atomic E-state index is 9.15. The fourth-order valence-electron chi connectivity index (χ4n) is 1.45. The summed E-state index contributed by atoms with van der Waals surface area (Å²) in [6.07, 6.45) is 5.04. The molecule has 0 bridgehead atoms. The molecule has 1 aromatic heterocycles. The molecule has 0 atom stereocenters. The van der Waals surface area contributed by atoms with Gasteiger partial charge in [0.2, 0.25) is 0 Å². The van der Waals surface area contributed by atoms with Crippen LogP contribution in [0.25, 0.3) is 0 Å². The van der Waals surface area contributed by atoms with Crippen LogP contribution in [0.3, 0.4) is 0 Å². The lowest BCUT2D eigenvalue weighted by atomic mass is 10.2. The largest absolute Gasteiger partial charge is 0.392 e. The molecule has 0 radical (unpaired) electrons. The summed E-state index contributed by atoms with van der Waals surface area (Å²) in [7, 11) is 0. The number of anilines is 1. The van der Waals surface area contributed by atoms with Crippen LogP contribution in [0.5, 0.6) is 0 Å². The first-order valence-electron chi connectivity index (χ1n) is 5.06. The predicted octanol–water partition coefficient (Wildman–Crippen LogP) is 1.58. The predicted molar refractivity (Wildman–Crippen MR) is 61.7 cm³/mol. The third-order valence-corrected chi connectivity index (χ3v) is 2.28. The SMILES string of the molecule is OCc1ccccc1NCc1cncnc1. The van der Waals surface area contributed by atoms with Crippen molar-refractivity contribution in [2.24, 2.45) is 0 Å². The summed E-state index contributed by atoms with van der Waals surface area (Å²) in [4.78, 5) is 7.88. The number of nitrogens with one attached hydrogen (secondary N) is 1. The number of nitrogens with zero attached hydrogens (tertiary/aromatic N) is 2. The Bertz CT molecular complexity index is 445. The van der Waals surface area contributed by atoms with Crippen LogP contribution < -0.4 is 5.32 Å². The van der Waals surface area contributed by atoms with E-state index in [0.29, 0.717) is 6.54 Å². The Morgan fingerprint density at radius 2 is 1.88 bits per heavy atom. The minimum Gasteiger partial charge on any atom is -0.392 e. The molecule has 0 unspecified atom stereocenters. The minimum atomic E-state index is 0.0362. The molecule has 82 valence electrons. The Morgan fingerprint density at radius 3 is 2.62 bits per heavy atom. The van der Waals surface area contributed by atoms with Gasteiger partial charge in [-0.2, -0.15) is 0 Å². The Labute approximate surface area is 94.0 Å². The van der Waals surface area contributed by atoms with Crippen molar-refractivity contribution < 1.29 is 5.11 Å². The molecule has 0 saturated carbocycles. The van der Waals surface area contributed by atoms with Crippen LogP contribution in [0.1, 0.15) is 11.1 Å². The van der Waals surface area contributed by atoms with Crippen LogP contribution in [-0.2, 0) is 13.2 Å². The highest BCUT2D eigenvalue weighted by Crippen LogP contribution is 2.15. The fourth-order valence-corrected chi connectivity index (χ4v) is 1.45. The van der Waals surface area contributed by atoms with Gasteiger partial charge in [0.1, 0.15) is 6.33 Å². The maximum Gasteiger partial charge on any atom is 0.115 e. The summed E-state index contributed by atoms with van der Waals surface area (Å²) in [5.41, 5.74) is 2.84. The fraction of sp³-hybridized carbons (Fsp3) is 0.167. The topological polar surface area (TPSA) is 58.0 Å². The zero-order chi connectivity index (χ0) is 11.2. The van der Waals surface area contributed by atoms with E-state index in [4.69, 9.17) is 5.11 Å². The number of aliphatic hydroxyl groups is 1. The number of aliphatic hydroxyl groups excluding tert-OH is 1. The molecule has 2 rings (SSSR count). The van der Waals surface area contributed by atoms with Crippen LogP contribution in [0, 0.1) is 0 Å². The molecule has 0 amide bonds. The van der Waals surface area contributed by atoms with Crippen molar-refractivity contribution in [3.8, 4) is 0 Å². The molecular weight excluding hydrogens is 202 g/mol. The van der Waals surface area contributed by atoms with Gasteiger partial charge < -0.3 is 10.4 Å². The third-order valence-electron chi connectivity index (χ3n) is 2.28. The Morgan fingerprint density at radius 1 is 1.12 bits per heavy atom. The van der Waals surface area contributed by atoms with E-state index in [-0.39, 0.29) is 6.61 Å². The average Bonchev–Trinajstić information content (AvgIpc) is 2.38. The van der Waals surface area contributed by atoms with Gasteiger partial charge >= 0.3 is 0 Å². The maximum absolute atomic E-state index is 9.15. The molecule has 2 aromatic rings. The zero-order valence-electron chi connectivity index (χ0n) is 8.80. The number of para-hydroxylation sites is 1. The second-order valence-electron chi connectivity index (χ2n) is 3.42. The molecule has 0 aliphatic carbocycles. The summed E-state index contributed by atoms with van der Waals surface area (Å²) in [5.74, 6) is 0. The van der Waals surface area contributed by atoms with Gasteiger partial charge in [-0.25, -0.2) is 9.97 Å². The summed E-state index contributed by atoms with van der Waals surface area (Å²) in [6.45, 7) is 0.687. The van der Waals surface area contributed by atoms with Gasteiger partial charge in [-0.1, -0.05) is 18.2 Å². The number of hydrogen-bond donors (Lipinski definition) is 2. The normalized spacial score (nSPS) is 10.1. The lowest BCUT2D eigenvalue weighted by molar-refractivity contribution is 0.282. The second-order valence-corrected chi connectivity index (χ2v) is 3.42. The van der Waals surface area contributed by atoms with E-state index in [1.54, 1.807) is 12.4 Å². The average molecular weight is 215 g/mol. The van der Waals surface area contributed by atoms with Crippen molar-refractivity contribution in [1.29, 1.82) is 0 Å². The smallest absolute Gasteiger partial charge is 0.115 e. The van der Waals surface area contributed by atoms with Gasteiger partial charge in [-0.3, -0.25) is 0 Å². The van der Waals surface area contributed by atoms with Gasteiger partial charge in [-0.05, 0) is 6.07 Å².